The van der Waals surface area contributed by atoms with E-state index in [0.29, 0.717) is 13.2 Å². The van der Waals surface area contributed by atoms with Gasteiger partial charge in [-0.05, 0) is 35.9 Å². The van der Waals surface area contributed by atoms with E-state index >= 15 is 0 Å². The molecule has 0 saturated carbocycles. The van der Waals surface area contributed by atoms with Crippen molar-refractivity contribution in [2.45, 2.75) is 19.8 Å². The van der Waals surface area contributed by atoms with Gasteiger partial charge in [0.05, 0.1) is 13.2 Å². The number of hydrogen-bond donors (Lipinski definition) is 1. The third kappa shape index (κ3) is 4.78. The van der Waals surface area contributed by atoms with Crippen molar-refractivity contribution in [2.24, 2.45) is 0 Å². The third-order valence-corrected chi connectivity index (χ3v) is 3.38. The minimum atomic E-state index is 0.644. The minimum Gasteiger partial charge on any atom is -0.372 e. The Balaban J connectivity index is 1.80. The Morgan fingerprint density at radius 2 is 1.32 bits per heavy atom. The van der Waals surface area contributed by atoms with Crippen molar-refractivity contribution in [2.75, 3.05) is 7.05 Å². The predicted octanol–water partition coefficient (Wildman–Crippen LogP) is 3.89. The minimum absolute atomic E-state index is 0.644. The summed E-state index contributed by atoms with van der Waals surface area (Å²) in [4.78, 5) is 0. The van der Waals surface area contributed by atoms with Crippen molar-refractivity contribution < 1.29 is 4.74 Å². The van der Waals surface area contributed by atoms with Gasteiger partial charge in [0.2, 0.25) is 0 Å². The molecule has 0 heterocycles. The molecule has 2 aromatic carbocycles. The molecule has 0 fully saturated rings. The van der Waals surface area contributed by atoms with Crippen LogP contribution in [0.15, 0.2) is 53.0 Å². The summed E-state index contributed by atoms with van der Waals surface area (Å²) < 4.78 is 6.81. The van der Waals surface area contributed by atoms with Crippen LogP contribution in [0.1, 0.15) is 16.7 Å². The molecule has 0 amide bonds. The fourth-order valence-electron chi connectivity index (χ4n) is 1.82. The van der Waals surface area contributed by atoms with E-state index in [1.807, 2.05) is 19.2 Å². The second-order valence-corrected chi connectivity index (χ2v) is 5.38. The number of nitrogens with one attached hydrogen (secondary N) is 1. The maximum atomic E-state index is 5.71. The van der Waals surface area contributed by atoms with Crippen molar-refractivity contribution >= 4 is 15.9 Å². The van der Waals surface area contributed by atoms with Crippen LogP contribution in [-0.2, 0) is 24.5 Å². The summed E-state index contributed by atoms with van der Waals surface area (Å²) in [6.07, 6.45) is 0. The average molecular weight is 320 g/mol. The zero-order valence-corrected chi connectivity index (χ0v) is 12.6. The van der Waals surface area contributed by atoms with Gasteiger partial charge in [0.1, 0.15) is 0 Å². The molecule has 0 radical (unpaired) electrons. The first-order chi connectivity index (χ1) is 9.28. The summed E-state index contributed by atoms with van der Waals surface area (Å²) in [5.41, 5.74) is 3.69. The van der Waals surface area contributed by atoms with E-state index in [2.05, 4.69) is 57.6 Å². The predicted molar refractivity (Wildman–Crippen MR) is 81.8 cm³/mol. The standard InChI is InChI=1S/C16H18BrNO/c1-18-10-13-2-4-14(5-3-13)11-19-12-15-6-8-16(17)9-7-15/h2-9,18H,10-12H2,1H3. The fourth-order valence-corrected chi connectivity index (χ4v) is 2.09. The van der Waals surface area contributed by atoms with Crippen LogP contribution in [0.3, 0.4) is 0 Å². The Bertz CT molecular complexity index is 493. The van der Waals surface area contributed by atoms with Gasteiger partial charge in [-0.3, -0.25) is 0 Å². The normalized spacial score (nSPS) is 10.6. The molecule has 0 aromatic heterocycles. The fraction of sp³-hybridized carbons (Fsp3) is 0.250. The summed E-state index contributed by atoms with van der Waals surface area (Å²) in [5, 5.41) is 3.14. The molecule has 1 N–H and O–H groups in total. The Hall–Kier alpha value is -1.16. The summed E-state index contributed by atoms with van der Waals surface area (Å²) in [5.74, 6) is 0. The van der Waals surface area contributed by atoms with Crippen LogP contribution in [0, 0.1) is 0 Å². The average Bonchev–Trinajstić information content (AvgIpc) is 2.43. The van der Waals surface area contributed by atoms with Gasteiger partial charge in [-0.1, -0.05) is 52.3 Å². The van der Waals surface area contributed by atoms with E-state index in [1.54, 1.807) is 0 Å². The van der Waals surface area contributed by atoms with Gasteiger partial charge in [-0.2, -0.15) is 0 Å². The molecule has 2 aromatic rings. The number of hydrogen-bond acceptors (Lipinski definition) is 2. The quantitative estimate of drug-likeness (QED) is 0.872. The van der Waals surface area contributed by atoms with E-state index in [4.69, 9.17) is 4.74 Å². The highest BCUT2D eigenvalue weighted by Crippen LogP contribution is 2.12. The van der Waals surface area contributed by atoms with E-state index in [1.165, 1.54) is 16.7 Å². The highest BCUT2D eigenvalue weighted by atomic mass is 79.9. The molecule has 0 aliphatic heterocycles. The molecule has 0 bridgehead atoms. The van der Waals surface area contributed by atoms with Crippen molar-refractivity contribution in [1.29, 1.82) is 0 Å². The molecule has 3 heteroatoms. The lowest BCUT2D eigenvalue weighted by Gasteiger charge is -2.06. The highest BCUT2D eigenvalue weighted by molar-refractivity contribution is 9.10. The second kappa shape index (κ2) is 7.43. The van der Waals surface area contributed by atoms with Crippen LogP contribution in [0.4, 0.5) is 0 Å². The second-order valence-electron chi connectivity index (χ2n) is 4.47. The molecule has 0 saturated heterocycles. The van der Waals surface area contributed by atoms with Gasteiger partial charge in [0.25, 0.3) is 0 Å². The Morgan fingerprint density at radius 1 is 0.842 bits per heavy atom. The monoisotopic (exact) mass is 319 g/mol. The van der Waals surface area contributed by atoms with E-state index in [9.17, 15) is 0 Å². The van der Waals surface area contributed by atoms with E-state index < -0.39 is 0 Å². The lowest BCUT2D eigenvalue weighted by molar-refractivity contribution is 0.107. The summed E-state index contributed by atoms with van der Waals surface area (Å²) in [6, 6.07) is 16.7. The molecule has 2 rings (SSSR count). The molecular formula is C16H18BrNO. The Labute approximate surface area is 122 Å². The number of ether oxygens (including phenoxy) is 1. The third-order valence-electron chi connectivity index (χ3n) is 2.85. The molecule has 0 spiro atoms. The maximum absolute atomic E-state index is 5.71. The summed E-state index contributed by atoms with van der Waals surface area (Å²) in [6.45, 7) is 2.20. The first-order valence-electron chi connectivity index (χ1n) is 6.32. The van der Waals surface area contributed by atoms with E-state index in [-0.39, 0.29) is 0 Å². The SMILES string of the molecule is CNCc1ccc(COCc2ccc(Br)cc2)cc1. The Morgan fingerprint density at radius 3 is 1.84 bits per heavy atom. The van der Waals surface area contributed by atoms with Gasteiger partial charge in [-0.15, -0.1) is 0 Å². The van der Waals surface area contributed by atoms with Crippen molar-refractivity contribution in [3.63, 3.8) is 0 Å². The number of halogens is 1. The Kier molecular flexibility index (Phi) is 5.58. The maximum Gasteiger partial charge on any atom is 0.0721 e. The van der Waals surface area contributed by atoms with Crippen LogP contribution in [-0.4, -0.2) is 7.05 Å². The zero-order valence-electron chi connectivity index (χ0n) is 11.0. The van der Waals surface area contributed by atoms with Gasteiger partial charge in [0, 0.05) is 11.0 Å². The molecule has 100 valence electrons. The van der Waals surface area contributed by atoms with Gasteiger partial charge >= 0.3 is 0 Å². The lowest BCUT2D eigenvalue weighted by atomic mass is 10.1. The van der Waals surface area contributed by atoms with Gasteiger partial charge in [0.15, 0.2) is 0 Å². The zero-order chi connectivity index (χ0) is 13.5. The van der Waals surface area contributed by atoms with Crippen molar-refractivity contribution in [1.82, 2.24) is 5.32 Å². The van der Waals surface area contributed by atoms with Crippen LogP contribution >= 0.6 is 15.9 Å². The van der Waals surface area contributed by atoms with Crippen molar-refractivity contribution in [3.05, 3.63) is 69.7 Å². The molecule has 0 atom stereocenters. The molecule has 19 heavy (non-hydrogen) atoms. The van der Waals surface area contributed by atoms with Crippen LogP contribution < -0.4 is 5.32 Å². The molecule has 0 aliphatic rings. The first-order valence-corrected chi connectivity index (χ1v) is 7.12. The van der Waals surface area contributed by atoms with Crippen LogP contribution in [0.25, 0.3) is 0 Å². The molecular weight excluding hydrogens is 302 g/mol. The lowest BCUT2D eigenvalue weighted by Crippen LogP contribution is -2.04. The number of rotatable bonds is 6. The summed E-state index contributed by atoms with van der Waals surface area (Å²) >= 11 is 3.42. The topological polar surface area (TPSA) is 21.3 Å². The molecule has 0 aliphatic carbocycles. The van der Waals surface area contributed by atoms with Crippen LogP contribution in [0.5, 0.6) is 0 Å². The first kappa shape index (κ1) is 14.3. The van der Waals surface area contributed by atoms with Gasteiger partial charge < -0.3 is 10.1 Å². The van der Waals surface area contributed by atoms with Crippen molar-refractivity contribution in [3.8, 4) is 0 Å². The highest BCUT2D eigenvalue weighted by Gasteiger charge is 1.97. The number of benzene rings is 2. The molecule has 0 unspecified atom stereocenters. The van der Waals surface area contributed by atoms with E-state index in [0.717, 1.165) is 11.0 Å². The summed E-state index contributed by atoms with van der Waals surface area (Å²) in [7, 11) is 1.95. The van der Waals surface area contributed by atoms with Gasteiger partial charge in [-0.25, -0.2) is 0 Å². The van der Waals surface area contributed by atoms with Crippen LogP contribution in [0.2, 0.25) is 0 Å². The molecule has 2 nitrogen and oxygen atoms in total. The largest absolute Gasteiger partial charge is 0.372 e. The smallest absolute Gasteiger partial charge is 0.0721 e.